The predicted molar refractivity (Wildman–Crippen MR) is 287 cm³/mol. The Morgan fingerprint density at radius 2 is 0.931 bits per heavy atom. The Kier molecular flexibility index (Phi) is 18.9. The SMILES string of the molecule is CC[C@@H](C)C(=O)N[C@H](C(=O)N1CCC[C@H]1CN(CCc1ccccc1)C(=O)c1ccc2ccc(C(=O)N(CCc3ccccc3)C[C@@H]3CCCN3C(=O)[C@@H](NC(=O)[C@H](C)CC)C(C)(C)C)cc2c1)C(C)(C)C. The van der Waals surface area contributed by atoms with Crippen molar-refractivity contribution in [2.45, 2.75) is 145 Å². The minimum absolute atomic E-state index is 0.121. The van der Waals surface area contributed by atoms with Crippen LogP contribution in [0.3, 0.4) is 0 Å². The smallest absolute Gasteiger partial charge is 0.253 e. The Morgan fingerprint density at radius 1 is 0.556 bits per heavy atom. The van der Waals surface area contributed by atoms with Gasteiger partial charge in [-0.25, -0.2) is 0 Å². The van der Waals surface area contributed by atoms with Crippen LogP contribution in [0.2, 0.25) is 0 Å². The Balaban J connectivity index is 1.27. The second kappa shape index (κ2) is 24.6. The number of likely N-dealkylation sites (tertiary alicyclic amines) is 2. The lowest BCUT2D eigenvalue weighted by molar-refractivity contribution is -0.141. The molecule has 6 amide bonds. The van der Waals surface area contributed by atoms with Crippen molar-refractivity contribution in [3.8, 4) is 0 Å². The molecule has 0 aromatic heterocycles. The van der Waals surface area contributed by atoms with Crippen molar-refractivity contribution < 1.29 is 28.8 Å². The lowest BCUT2D eigenvalue weighted by Crippen LogP contribution is -2.57. The van der Waals surface area contributed by atoms with Crippen LogP contribution in [0, 0.1) is 22.7 Å². The summed E-state index contributed by atoms with van der Waals surface area (Å²) in [4.78, 5) is 92.5. The van der Waals surface area contributed by atoms with Crippen LogP contribution in [0.1, 0.15) is 140 Å². The van der Waals surface area contributed by atoms with Crippen LogP contribution in [0.5, 0.6) is 0 Å². The monoisotopic (exact) mass is 983 g/mol. The molecule has 388 valence electrons. The van der Waals surface area contributed by atoms with Crippen LogP contribution < -0.4 is 10.6 Å². The number of carbonyl (C=O) groups excluding carboxylic acids is 6. The van der Waals surface area contributed by atoms with Gasteiger partial charge in [-0.2, -0.15) is 0 Å². The maximum Gasteiger partial charge on any atom is 0.253 e. The van der Waals surface area contributed by atoms with E-state index >= 15 is 0 Å². The van der Waals surface area contributed by atoms with Gasteiger partial charge in [-0.15, -0.1) is 0 Å². The number of nitrogens with one attached hydrogen (secondary N) is 2. The Morgan fingerprint density at radius 3 is 1.28 bits per heavy atom. The van der Waals surface area contributed by atoms with Crippen molar-refractivity contribution >= 4 is 46.2 Å². The second-order valence-electron chi connectivity index (χ2n) is 22.6. The van der Waals surface area contributed by atoms with Gasteiger partial charge in [-0.3, -0.25) is 28.8 Å². The summed E-state index contributed by atoms with van der Waals surface area (Å²) in [5.41, 5.74) is 2.11. The predicted octanol–water partition coefficient (Wildman–Crippen LogP) is 9.35. The fourth-order valence-electron chi connectivity index (χ4n) is 9.96. The van der Waals surface area contributed by atoms with Crippen LogP contribution in [0.4, 0.5) is 0 Å². The van der Waals surface area contributed by atoms with Gasteiger partial charge >= 0.3 is 0 Å². The summed E-state index contributed by atoms with van der Waals surface area (Å²) in [6.07, 6.45) is 5.66. The molecule has 0 aliphatic carbocycles. The number of hydrogen-bond donors (Lipinski definition) is 2. The van der Waals surface area contributed by atoms with E-state index in [0.717, 1.165) is 47.6 Å². The van der Waals surface area contributed by atoms with Crippen LogP contribution in [0.25, 0.3) is 10.8 Å². The largest absolute Gasteiger partial charge is 0.344 e. The first kappa shape index (κ1) is 55.3. The molecule has 2 aliphatic heterocycles. The molecular weight excluding hydrogens is 901 g/mol. The zero-order chi connectivity index (χ0) is 52.3. The quantitative estimate of drug-likeness (QED) is 0.0906. The Bertz CT molecular complexity index is 2330. The number of nitrogens with zero attached hydrogens (tertiary/aromatic N) is 4. The number of rotatable bonds is 20. The average Bonchev–Trinajstić information content (AvgIpc) is 4.05. The molecule has 2 saturated heterocycles. The zero-order valence-electron chi connectivity index (χ0n) is 44.8. The molecule has 6 rings (SSSR count). The third kappa shape index (κ3) is 14.1. The van der Waals surface area contributed by atoms with Gasteiger partial charge in [0, 0.05) is 74.3 Å². The van der Waals surface area contributed by atoms with Crippen molar-refractivity contribution in [2.24, 2.45) is 22.7 Å². The highest BCUT2D eigenvalue weighted by molar-refractivity contribution is 6.02. The number of carbonyl (C=O) groups is 6. The summed E-state index contributed by atoms with van der Waals surface area (Å²) in [6, 6.07) is 29.5. The fourth-order valence-corrected chi connectivity index (χ4v) is 9.96. The highest BCUT2D eigenvalue weighted by atomic mass is 16.2. The van der Waals surface area contributed by atoms with Crippen LogP contribution in [-0.2, 0) is 32.0 Å². The van der Waals surface area contributed by atoms with Gasteiger partial charge in [0.05, 0.1) is 0 Å². The molecule has 6 atom stereocenters. The maximum atomic E-state index is 14.9. The minimum Gasteiger partial charge on any atom is -0.344 e. The van der Waals surface area contributed by atoms with Crippen molar-refractivity contribution in [3.63, 3.8) is 0 Å². The molecule has 2 aliphatic rings. The van der Waals surface area contributed by atoms with Crippen molar-refractivity contribution in [3.05, 3.63) is 119 Å². The van der Waals surface area contributed by atoms with Crippen LogP contribution >= 0.6 is 0 Å². The van der Waals surface area contributed by atoms with Crippen LogP contribution in [-0.4, -0.2) is 118 Å². The number of hydrogen-bond acceptors (Lipinski definition) is 6. The van der Waals surface area contributed by atoms with E-state index in [1.54, 1.807) is 0 Å². The summed E-state index contributed by atoms with van der Waals surface area (Å²) >= 11 is 0. The molecule has 2 N–H and O–H groups in total. The van der Waals surface area contributed by atoms with E-state index in [9.17, 15) is 28.8 Å². The molecular formula is C60H82N6O6. The molecule has 0 bridgehead atoms. The summed E-state index contributed by atoms with van der Waals surface area (Å²) < 4.78 is 0. The van der Waals surface area contributed by atoms with Gasteiger partial charge in [0.15, 0.2) is 0 Å². The lowest BCUT2D eigenvalue weighted by atomic mass is 9.85. The summed E-state index contributed by atoms with van der Waals surface area (Å²) in [5, 5.41) is 7.80. The number of amides is 6. The molecule has 4 aromatic carbocycles. The normalized spacial score (nSPS) is 17.8. The van der Waals surface area contributed by atoms with E-state index in [0.29, 0.717) is 76.1 Å². The van der Waals surface area contributed by atoms with E-state index in [2.05, 4.69) is 34.9 Å². The Hall–Kier alpha value is -6.04. The van der Waals surface area contributed by atoms with Crippen molar-refractivity contribution in [1.82, 2.24) is 30.2 Å². The summed E-state index contributed by atoms with van der Waals surface area (Å²) in [6.45, 7) is 22.2. The second-order valence-corrected chi connectivity index (χ2v) is 22.6. The van der Waals surface area contributed by atoms with Gasteiger partial charge in [0.25, 0.3) is 11.8 Å². The molecule has 4 aromatic rings. The lowest BCUT2D eigenvalue weighted by Gasteiger charge is -2.37. The van der Waals surface area contributed by atoms with E-state index in [1.807, 2.05) is 162 Å². The van der Waals surface area contributed by atoms with Gasteiger partial charge in [-0.05, 0) is 108 Å². The van der Waals surface area contributed by atoms with Gasteiger partial charge < -0.3 is 30.2 Å². The molecule has 72 heavy (non-hydrogen) atoms. The van der Waals surface area contributed by atoms with E-state index in [-0.39, 0.29) is 59.4 Å². The molecule has 0 radical (unpaired) electrons. The summed E-state index contributed by atoms with van der Waals surface area (Å²) in [7, 11) is 0. The molecule has 0 saturated carbocycles. The van der Waals surface area contributed by atoms with Gasteiger partial charge in [-0.1, -0.05) is 142 Å². The fraction of sp³-hybridized carbons (Fsp3) is 0.533. The number of fused-ring (bicyclic) bond motifs is 1. The van der Waals surface area contributed by atoms with E-state index < -0.39 is 22.9 Å². The zero-order valence-corrected chi connectivity index (χ0v) is 44.8. The third-order valence-electron chi connectivity index (χ3n) is 15.0. The van der Waals surface area contributed by atoms with Gasteiger partial charge in [0.1, 0.15) is 12.1 Å². The van der Waals surface area contributed by atoms with E-state index in [4.69, 9.17) is 0 Å². The molecule has 12 heteroatoms. The molecule has 0 unspecified atom stereocenters. The minimum atomic E-state index is -0.714. The standard InChI is InChI=1S/C60H82N6O6/c1-11-41(3)53(67)61-51(59(5,6)7)57(71)65-33-19-25-49(65)39-63(35-31-43-21-15-13-16-22-43)55(69)46-29-27-45-28-30-47(38-48(45)37-46)56(70)64(36-32-44-23-17-14-18-24-44)40-50-26-20-34-66(50)58(72)52(60(8,9)10)62-54(68)42(4)12-2/h13-18,21-24,27-30,37-38,41-42,49-52H,11-12,19-20,25-26,31-36,39-40H2,1-10H3,(H,61,67)(H,62,68)/t41-,42-,49+,50+,51-,52-/m1/s1. The third-order valence-corrected chi connectivity index (χ3v) is 15.0. The highest BCUT2D eigenvalue weighted by Gasteiger charge is 2.42. The molecule has 12 nitrogen and oxygen atoms in total. The first-order valence-electron chi connectivity index (χ1n) is 26.6. The van der Waals surface area contributed by atoms with E-state index in [1.165, 1.54) is 0 Å². The molecule has 2 fully saturated rings. The molecule has 0 spiro atoms. The molecule has 2 heterocycles. The first-order valence-corrected chi connectivity index (χ1v) is 26.6. The van der Waals surface area contributed by atoms with Crippen molar-refractivity contribution in [2.75, 3.05) is 39.3 Å². The average molecular weight is 983 g/mol. The first-order chi connectivity index (χ1) is 34.2. The van der Waals surface area contributed by atoms with Crippen molar-refractivity contribution in [1.29, 1.82) is 0 Å². The van der Waals surface area contributed by atoms with Crippen LogP contribution in [0.15, 0.2) is 97.1 Å². The summed E-state index contributed by atoms with van der Waals surface area (Å²) in [5.74, 6) is -1.28. The topological polar surface area (TPSA) is 139 Å². The number of benzene rings is 4. The van der Waals surface area contributed by atoms with Gasteiger partial charge in [0.2, 0.25) is 23.6 Å². The highest BCUT2D eigenvalue weighted by Crippen LogP contribution is 2.30. The Labute approximate surface area is 429 Å². The maximum absolute atomic E-state index is 14.9.